The van der Waals surface area contributed by atoms with Crippen molar-refractivity contribution in [1.82, 2.24) is 0 Å². The lowest BCUT2D eigenvalue weighted by molar-refractivity contribution is -0.0441. The molecular weight excluding hydrogens is 216 g/mol. The standard InChI is InChI=1S/C14H16O3/c15-13(10-2-1-3-10)11-4-6-12(7-5-11)14-16-8-9-17-14/h4-7,10,14H,1-3,8-9H2. The van der Waals surface area contributed by atoms with Gasteiger partial charge in [0.2, 0.25) is 0 Å². The monoisotopic (exact) mass is 232 g/mol. The smallest absolute Gasteiger partial charge is 0.184 e. The Labute approximate surface area is 101 Å². The molecule has 0 spiro atoms. The second-order valence-corrected chi connectivity index (χ2v) is 4.69. The summed E-state index contributed by atoms with van der Waals surface area (Å²) in [5.74, 6) is 0.552. The number of hydrogen-bond acceptors (Lipinski definition) is 3. The molecule has 1 aliphatic carbocycles. The number of hydrogen-bond donors (Lipinski definition) is 0. The molecule has 1 aliphatic heterocycles. The molecule has 3 rings (SSSR count). The first-order valence-corrected chi connectivity index (χ1v) is 6.22. The van der Waals surface area contributed by atoms with Crippen molar-refractivity contribution in [3.63, 3.8) is 0 Å². The Kier molecular flexibility index (Phi) is 2.95. The Morgan fingerprint density at radius 3 is 2.24 bits per heavy atom. The molecule has 1 saturated carbocycles. The van der Waals surface area contributed by atoms with Gasteiger partial charge in [0.1, 0.15) is 0 Å². The van der Waals surface area contributed by atoms with Crippen LogP contribution in [0.3, 0.4) is 0 Å². The van der Waals surface area contributed by atoms with Gasteiger partial charge in [-0.05, 0) is 12.8 Å². The molecule has 17 heavy (non-hydrogen) atoms. The van der Waals surface area contributed by atoms with Crippen molar-refractivity contribution >= 4 is 5.78 Å². The third-order valence-electron chi connectivity index (χ3n) is 3.57. The van der Waals surface area contributed by atoms with E-state index in [-0.39, 0.29) is 18.0 Å². The molecule has 1 aromatic rings. The quantitative estimate of drug-likeness (QED) is 0.752. The number of benzene rings is 1. The van der Waals surface area contributed by atoms with Crippen molar-refractivity contribution in [3.05, 3.63) is 35.4 Å². The fourth-order valence-electron chi connectivity index (χ4n) is 2.26. The minimum atomic E-state index is -0.247. The zero-order chi connectivity index (χ0) is 11.7. The summed E-state index contributed by atoms with van der Waals surface area (Å²) >= 11 is 0. The van der Waals surface area contributed by atoms with Gasteiger partial charge in [-0.25, -0.2) is 0 Å². The van der Waals surface area contributed by atoms with Crippen molar-refractivity contribution in [2.45, 2.75) is 25.6 Å². The molecule has 0 radical (unpaired) electrons. The topological polar surface area (TPSA) is 35.5 Å². The molecule has 0 aromatic heterocycles. The zero-order valence-electron chi connectivity index (χ0n) is 9.72. The van der Waals surface area contributed by atoms with Crippen LogP contribution in [0, 0.1) is 5.92 Å². The number of Topliss-reactive ketones (excluding diaryl/α,β-unsaturated/α-hetero) is 1. The van der Waals surface area contributed by atoms with Crippen molar-refractivity contribution in [3.8, 4) is 0 Å². The normalized spacial score (nSPS) is 21.4. The lowest BCUT2D eigenvalue weighted by Gasteiger charge is -2.23. The molecule has 0 N–H and O–H groups in total. The van der Waals surface area contributed by atoms with E-state index in [1.54, 1.807) is 0 Å². The maximum absolute atomic E-state index is 12.0. The number of ketones is 1. The van der Waals surface area contributed by atoms with Crippen LogP contribution in [-0.2, 0) is 9.47 Å². The highest BCUT2D eigenvalue weighted by atomic mass is 16.7. The molecule has 1 heterocycles. The van der Waals surface area contributed by atoms with E-state index in [1.807, 2.05) is 24.3 Å². The van der Waals surface area contributed by atoms with Crippen molar-refractivity contribution in [1.29, 1.82) is 0 Å². The first-order chi connectivity index (χ1) is 8.34. The SMILES string of the molecule is O=C(c1ccc(C2OCCO2)cc1)C1CCC1. The molecule has 2 aliphatic rings. The summed E-state index contributed by atoms with van der Waals surface area (Å²) in [7, 11) is 0. The summed E-state index contributed by atoms with van der Waals surface area (Å²) < 4.78 is 10.8. The maximum atomic E-state index is 12.0. The number of carbonyl (C=O) groups is 1. The summed E-state index contributed by atoms with van der Waals surface area (Å²) in [5.41, 5.74) is 1.81. The summed E-state index contributed by atoms with van der Waals surface area (Å²) in [6.07, 6.45) is 3.05. The largest absolute Gasteiger partial charge is 0.346 e. The average molecular weight is 232 g/mol. The minimum Gasteiger partial charge on any atom is -0.346 e. The lowest BCUT2D eigenvalue weighted by Crippen LogP contribution is -2.21. The van der Waals surface area contributed by atoms with Crippen LogP contribution in [0.2, 0.25) is 0 Å². The first-order valence-electron chi connectivity index (χ1n) is 6.22. The third kappa shape index (κ3) is 2.13. The second kappa shape index (κ2) is 4.59. The second-order valence-electron chi connectivity index (χ2n) is 4.69. The van der Waals surface area contributed by atoms with E-state index in [0.717, 1.165) is 24.0 Å². The van der Waals surface area contributed by atoms with Crippen LogP contribution in [0.15, 0.2) is 24.3 Å². The molecule has 2 fully saturated rings. The van der Waals surface area contributed by atoms with Crippen LogP contribution in [0.1, 0.15) is 41.5 Å². The van der Waals surface area contributed by atoms with E-state index in [0.29, 0.717) is 13.2 Å². The van der Waals surface area contributed by atoms with Gasteiger partial charge < -0.3 is 9.47 Å². The highest BCUT2D eigenvalue weighted by Gasteiger charge is 2.26. The summed E-state index contributed by atoms with van der Waals surface area (Å²) in [6.45, 7) is 1.29. The van der Waals surface area contributed by atoms with Gasteiger partial charge in [-0.15, -0.1) is 0 Å². The van der Waals surface area contributed by atoms with Crippen molar-refractivity contribution in [2.24, 2.45) is 5.92 Å². The van der Waals surface area contributed by atoms with Gasteiger partial charge in [0.05, 0.1) is 13.2 Å². The van der Waals surface area contributed by atoms with E-state index >= 15 is 0 Å². The highest BCUT2D eigenvalue weighted by Crippen LogP contribution is 2.30. The highest BCUT2D eigenvalue weighted by molar-refractivity contribution is 5.98. The Balaban J connectivity index is 1.72. The van der Waals surface area contributed by atoms with E-state index in [2.05, 4.69) is 0 Å². The van der Waals surface area contributed by atoms with Gasteiger partial charge in [0, 0.05) is 17.0 Å². The van der Waals surface area contributed by atoms with Gasteiger partial charge >= 0.3 is 0 Å². The Morgan fingerprint density at radius 1 is 1.06 bits per heavy atom. The average Bonchev–Trinajstić information content (AvgIpc) is 2.80. The van der Waals surface area contributed by atoms with E-state index in [1.165, 1.54) is 6.42 Å². The number of rotatable bonds is 3. The van der Waals surface area contributed by atoms with Crippen molar-refractivity contribution in [2.75, 3.05) is 13.2 Å². The van der Waals surface area contributed by atoms with Crippen LogP contribution in [0.25, 0.3) is 0 Å². The molecule has 0 amide bonds. The Hall–Kier alpha value is -1.19. The predicted octanol–water partition coefficient (Wildman–Crippen LogP) is 2.71. The van der Waals surface area contributed by atoms with Crippen LogP contribution in [0.5, 0.6) is 0 Å². The van der Waals surface area contributed by atoms with Crippen LogP contribution in [-0.4, -0.2) is 19.0 Å². The van der Waals surface area contributed by atoms with Crippen LogP contribution < -0.4 is 0 Å². The maximum Gasteiger partial charge on any atom is 0.184 e. The molecular formula is C14H16O3. The number of carbonyl (C=O) groups excluding carboxylic acids is 1. The van der Waals surface area contributed by atoms with Gasteiger partial charge in [0.25, 0.3) is 0 Å². The molecule has 3 heteroatoms. The zero-order valence-corrected chi connectivity index (χ0v) is 9.72. The van der Waals surface area contributed by atoms with Crippen LogP contribution >= 0.6 is 0 Å². The number of ether oxygens (including phenoxy) is 2. The van der Waals surface area contributed by atoms with Gasteiger partial charge in [-0.2, -0.15) is 0 Å². The fourth-order valence-corrected chi connectivity index (χ4v) is 2.26. The Morgan fingerprint density at radius 2 is 1.71 bits per heavy atom. The predicted molar refractivity (Wildman–Crippen MR) is 62.8 cm³/mol. The summed E-state index contributed by atoms with van der Waals surface area (Å²) in [4.78, 5) is 12.0. The molecule has 0 atom stereocenters. The lowest BCUT2D eigenvalue weighted by atomic mass is 9.80. The molecule has 90 valence electrons. The van der Waals surface area contributed by atoms with Crippen LogP contribution in [0.4, 0.5) is 0 Å². The minimum absolute atomic E-state index is 0.247. The van der Waals surface area contributed by atoms with E-state index in [9.17, 15) is 4.79 Å². The van der Waals surface area contributed by atoms with Crippen molar-refractivity contribution < 1.29 is 14.3 Å². The van der Waals surface area contributed by atoms with Gasteiger partial charge in [-0.3, -0.25) is 4.79 Å². The van der Waals surface area contributed by atoms with Gasteiger partial charge in [0.15, 0.2) is 12.1 Å². The fraction of sp³-hybridized carbons (Fsp3) is 0.500. The summed E-state index contributed by atoms with van der Waals surface area (Å²) in [6, 6.07) is 7.64. The molecule has 1 saturated heterocycles. The summed E-state index contributed by atoms with van der Waals surface area (Å²) in [5, 5.41) is 0. The van der Waals surface area contributed by atoms with E-state index in [4.69, 9.17) is 9.47 Å². The molecule has 0 unspecified atom stereocenters. The van der Waals surface area contributed by atoms with E-state index < -0.39 is 0 Å². The molecule has 0 bridgehead atoms. The van der Waals surface area contributed by atoms with Gasteiger partial charge in [-0.1, -0.05) is 30.7 Å². The Bertz CT molecular complexity index is 400. The molecule has 3 nitrogen and oxygen atoms in total. The first kappa shape index (κ1) is 10.9. The molecule has 1 aromatic carbocycles. The third-order valence-corrected chi connectivity index (χ3v) is 3.57.